The predicted octanol–water partition coefficient (Wildman–Crippen LogP) is 2.42. The Morgan fingerprint density at radius 2 is 1.77 bits per heavy atom. The number of methoxy groups -OCH3 is 2. The van der Waals surface area contributed by atoms with Crippen molar-refractivity contribution in [2.45, 2.75) is 0 Å². The van der Waals surface area contributed by atoms with Gasteiger partial charge in [-0.1, -0.05) is 0 Å². The van der Waals surface area contributed by atoms with Crippen molar-refractivity contribution < 1.29 is 28.6 Å². The number of benzene rings is 1. The van der Waals surface area contributed by atoms with Gasteiger partial charge >= 0.3 is 18.1 Å². The molecule has 2 aromatic rings. The predicted molar refractivity (Wildman–Crippen MR) is 95.9 cm³/mol. The van der Waals surface area contributed by atoms with E-state index in [0.29, 0.717) is 21.9 Å². The Kier molecular flexibility index (Phi) is 6.02. The second-order valence-corrected chi connectivity index (χ2v) is 5.89. The van der Waals surface area contributed by atoms with Crippen LogP contribution in [-0.2, 0) is 4.74 Å². The number of thiophene rings is 1. The van der Waals surface area contributed by atoms with Crippen LogP contribution >= 0.6 is 11.3 Å². The van der Waals surface area contributed by atoms with E-state index in [1.807, 2.05) is 0 Å². The first-order valence-electron chi connectivity index (χ1n) is 7.26. The van der Waals surface area contributed by atoms with Crippen LogP contribution in [0.1, 0.15) is 10.4 Å². The summed E-state index contributed by atoms with van der Waals surface area (Å²) < 4.78 is 14.9. The molecule has 26 heavy (non-hydrogen) atoms. The molecule has 0 aliphatic rings. The smallest absolute Gasteiger partial charge is 0.412 e. The maximum absolute atomic E-state index is 12.1. The van der Waals surface area contributed by atoms with Gasteiger partial charge in [-0.2, -0.15) is 0 Å². The van der Waals surface area contributed by atoms with Gasteiger partial charge in [0.1, 0.15) is 5.00 Å². The Morgan fingerprint density at radius 3 is 2.35 bits per heavy atom. The van der Waals surface area contributed by atoms with Gasteiger partial charge in [-0.15, -0.1) is 11.3 Å². The van der Waals surface area contributed by atoms with Crippen molar-refractivity contribution in [1.29, 1.82) is 0 Å². The van der Waals surface area contributed by atoms with Crippen LogP contribution in [-0.4, -0.2) is 39.4 Å². The second-order valence-electron chi connectivity index (χ2n) is 4.84. The average Bonchev–Trinajstić information content (AvgIpc) is 3.04. The van der Waals surface area contributed by atoms with Crippen molar-refractivity contribution in [2.24, 2.45) is 5.73 Å². The molecule has 138 valence electrons. The Labute approximate surface area is 153 Å². The molecule has 2 rings (SSSR count). The Hall–Kier alpha value is -3.27. The van der Waals surface area contributed by atoms with Crippen LogP contribution in [0.25, 0.3) is 10.4 Å². The molecule has 1 aromatic heterocycles. The lowest BCUT2D eigenvalue weighted by atomic mass is 10.1. The van der Waals surface area contributed by atoms with E-state index in [2.05, 4.69) is 15.4 Å². The molecule has 10 heteroatoms. The minimum absolute atomic E-state index is 0.00202. The first kappa shape index (κ1) is 19.1. The number of carbonyl (C=O) groups excluding carboxylic acids is 3. The van der Waals surface area contributed by atoms with Gasteiger partial charge in [0, 0.05) is 11.9 Å². The fraction of sp³-hybridized carbons (Fsp3) is 0.188. The number of ether oxygens (including phenoxy) is 3. The van der Waals surface area contributed by atoms with E-state index in [1.54, 1.807) is 18.2 Å². The minimum atomic E-state index is -1.24. The van der Waals surface area contributed by atoms with Gasteiger partial charge < -0.3 is 25.3 Å². The second kappa shape index (κ2) is 8.21. The maximum atomic E-state index is 12.1. The molecule has 0 fully saturated rings. The molecule has 0 saturated carbocycles. The van der Waals surface area contributed by atoms with E-state index in [1.165, 1.54) is 27.3 Å². The number of hydrogen-bond acceptors (Lipinski definition) is 7. The first-order valence-corrected chi connectivity index (χ1v) is 8.07. The van der Waals surface area contributed by atoms with Crippen LogP contribution in [0.15, 0.2) is 24.3 Å². The van der Waals surface area contributed by atoms with Gasteiger partial charge in [-0.3, -0.25) is 5.32 Å². The molecule has 1 aromatic carbocycles. The van der Waals surface area contributed by atoms with Crippen molar-refractivity contribution >= 4 is 34.4 Å². The van der Waals surface area contributed by atoms with Crippen molar-refractivity contribution in [3.8, 4) is 21.9 Å². The molecular weight excluding hydrogens is 362 g/mol. The van der Waals surface area contributed by atoms with Crippen molar-refractivity contribution in [3.05, 3.63) is 29.8 Å². The van der Waals surface area contributed by atoms with Gasteiger partial charge in [-0.25, -0.2) is 14.4 Å². The summed E-state index contributed by atoms with van der Waals surface area (Å²) in [6, 6.07) is 6.15. The van der Waals surface area contributed by atoms with Crippen LogP contribution < -0.4 is 25.8 Å². The van der Waals surface area contributed by atoms with E-state index >= 15 is 0 Å². The molecule has 0 saturated heterocycles. The van der Waals surface area contributed by atoms with Crippen LogP contribution in [0.2, 0.25) is 0 Å². The summed E-state index contributed by atoms with van der Waals surface area (Å²) in [6.07, 6.45) is -1.24. The third-order valence-electron chi connectivity index (χ3n) is 3.27. The number of nitrogens with one attached hydrogen (secondary N) is 2. The lowest BCUT2D eigenvalue weighted by molar-refractivity contribution is 0.0640. The largest absolute Gasteiger partial charge is 0.493 e. The van der Waals surface area contributed by atoms with E-state index in [4.69, 9.17) is 15.2 Å². The van der Waals surface area contributed by atoms with Gasteiger partial charge in [0.15, 0.2) is 11.5 Å². The SMILES string of the molecule is CNC(=O)Nc1sc(-c2ccc(OC)c(OC)c2)cc1C(=O)OC(N)=O. The van der Waals surface area contributed by atoms with Crippen molar-refractivity contribution in [2.75, 3.05) is 26.6 Å². The van der Waals surface area contributed by atoms with Crippen molar-refractivity contribution in [3.63, 3.8) is 0 Å². The molecule has 3 amide bonds. The zero-order valence-electron chi connectivity index (χ0n) is 14.2. The molecule has 4 N–H and O–H groups in total. The number of amides is 3. The summed E-state index contributed by atoms with van der Waals surface area (Å²) >= 11 is 1.12. The molecule has 0 radical (unpaired) electrons. The summed E-state index contributed by atoms with van der Waals surface area (Å²) in [7, 11) is 4.45. The number of esters is 1. The lowest BCUT2D eigenvalue weighted by Gasteiger charge is -2.08. The molecule has 0 bridgehead atoms. The molecule has 0 spiro atoms. The number of urea groups is 1. The third kappa shape index (κ3) is 4.22. The highest BCUT2D eigenvalue weighted by Crippen LogP contribution is 2.39. The Morgan fingerprint density at radius 1 is 1.08 bits per heavy atom. The quantitative estimate of drug-likeness (QED) is 0.540. The number of nitrogens with two attached hydrogens (primary N) is 1. The number of anilines is 1. The van der Waals surface area contributed by atoms with Gasteiger partial charge in [-0.05, 0) is 29.8 Å². The summed E-state index contributed by atoms with van der Waals surface area (Å²) in [5.74, 6) is 0.0808. The van der Waals surface area contributed by atoms with E-state index in [9.17, 15) is 14.4 Å². The average molecular weight is 379 g/mol. The number of carbonyl (C=O) groups is 3. The highest BCUT2D eigenvalue weighted by molar-refractivity contribution is 7.20. The van der Waals surface area contributed by atoms with E-state index in [0.717, 1.165) is 11.3 Å². The minimum Gasteiger partial charge on any atom is -0.493 e. The molecule has 0 atom stereocenters. The molecular formula is C16H17N3O6S. The zero-order chi connectivity index (χ0) is 19.3. The third-order valence-corrected chi connectivity index (χ3v) is 4.37. The molecule has 9 nitrogen and oxygen atoms in total. The summed E-state index contributed by atoms with van der Waals surface area (Å²) in [5.41, 5.74) is 5.60. The summed E-state index contributed by atoms with van der Waals surface area (Å²) in [6.45, 7) is 0. The van der Waals surface area contributed by atoms with E-state index in [-0.39, 0.29) is 10.6 Å². The van der Waals surface area contributed by atoms with Crippen LogP contribution in [0.3, 0.4) is 0 Å². The zero-order valence-corrected chi connectivity index (χ0v) is 15.1. The monoisotopic (exact) mass is 379 g/mol. The summed E-state index contributed by atoms with van der Waals surface area (Å²) in [4.78, 5) is 35.2. The lowest BCUT2D eigenvalue weighted by Crippen LogP contribution is -2.25. The fourth-order valence-electron chi connectivity index (χ4n) is 2.08. The van der Waals surface area contributed by atoms with Gasteiger partial charge in [0.25, 0.3) is 0 Å². The number of hydrogen-bond donors (Lipinski definition) is 3. The molecule has 1 heterocycles. The Balaban J connectivity index is 2.48. The molecule has 0 aliphatic carbocycles. The molecule has 0 aliphatic heterocycles. The van der Waals surface area contributed by atoms with Gasteiger partial charge in [0.2, 0.25) is 0 Å². The summed E-state index contributed by atoms with van der Waals surface area (Å²) in [5, 5.41) is 5.10. The van der Waals surface area contributed by atoms with E-state index < -0.39 is 18.1 Å². The molecule has 0 unspecified atom stereocenters. The maximum Gasteiger partial charge on any atom is 0.412 e. The highest BCUT2D eigenvalue weighted by atomic mass is 32.1. The topological polar surface area (TPSA) is 129 Å². The van der Waals surface area contributed by atoms with Crippen LogP contribution in [0.5, 0.6) is 11.5 Å². The highest BCUT2D eigenvalue weighted by Gasteiger charge is 2.22. The normalized spacial score (nSPS) is 9.96. The van der Waals surface area contributed by atoms with Gasteiger partial charge in [0.05, 0.1) is 19.8 Å². The van der Waals surface area contributed by atoms with Crippen molar-refractivity contribution in [1.82, 2.24) is 5.32 Å². The standard InChI is InChI=1S/C16H17N3O6S/c1-18-16(22)19-13-9(14(20)25-15(17)21)7-12(26-13)8-4-5-10(23-2)11(6-8)24-3/h4-7H,1-3H3,(H2,17,21)(H2,18,19,22). The number of primary amides is 1. The fourth-order valence-corrected chi connectivity index (χ4v) is 3.12. The van der Waals surface area contributed by atoms with Crippen LogP contribution in [0.4, 0.5) is 14.6 Å². The first-order chi connectivity index (χ1) is 12.4. The van der Waals surface area contributed by atoms with Crippen LogP contribution in [0, 0.1) is 0 Å². The number of rotatable bonds is 5. The Bertz CT molecular complexity index is 849.